The first-order valence-electron chi connectivity index (χ1n) is 9.07. The Morgan fingerprint density at radius 3 is 2.41 bits per heavy atom. The van der Waals surface area contributed by atoms with Crippen LogP contribution in [0.25, 0.3) is 10.8 Å². The largest absolute Gasteiger partial charge is 0.419 e. The molecule has 2 aromatic carbocycles. The maximum Gasteiger partial charge on any atom is 0.419 e. The van der Waals surface area contributed by atoms with Gasteiger partial charge in [-0.25, -0.2) is 4.39 Å². The Balaban J connectivity index is 0.00000363. The lowest BCUT2D eigenvalue weighted by molar-refractivity contribution is -0.140. The number of carbonyl (C=O) groups is 2. The number of fused-ring (bicyclic) bond motifs is 1. The Morgan fingerprint density at radius 1 is 1.12 bits per heavy atom. The van der Waals surface area contributed by atoms with Crippen LogP contribution in [0.5, 0.6) is 0 Å². The molecule has 3 rings (SSSR count). The molecule has 3 aromatic rings. The predicted octanol–water partition coefficient (Wildman–Crippen LogP) is 4.02. The first-order chi connectivity index (χ1) is 14.5. The van der Waals surface area contributed by atoms with Crippen molar-refractivity contribution in [1.82, 2.24) is 4.57 Å². The summed E-state index contributed by atoms with van der Waals surface area (Å²) in [4.78, 5) is 36.4. The van der Waals surface area contributed by atoms with Gasteiger partial charge in [-0.05, 0) is 42.8 Å². The van der Waals surface area contributed by atoms with E-state index in [0.717, 1.165) is 6.07 Å². The Kier molecular flexibility index (Phi) is 7.07. The lowest BCUT2D eigenvalue weighted by Crippen LogP contribution is -2.31. The number of alkyl halides is 3. The van der Waals surface area contributed by atoms with Crippen molar-refractivity contribution >= 4 is 28.3 Å². The van der Waals surface area contributed by atoms with Crippen molar-refractivity contribution in [3.63, 3.8) is 0 Å². The van der Waals surface area contributed by atoms with E-state index in [1.807, 2.05) is 0 Å². The van der Waals surface area contributed by atoms with E-state index in [1.54, 1.807) is 0 Å². The van der Waals surface area contributed by atoms with Crippen molar-refractivity contribution in [2.24, 2.45) is 5.73 Å². The molecule has 0 unspecified atom stereocenters. The molecule has 2 amide bonds. The Hall–Kier alpha value is -3.69. The number of halogens is 4. The van der Waals surface area contributed by atoms with Gasteiger partial charge in [0.1, 0.15) is 11.9 Å². The maximum absolute atomic E-state index is 13.7. The van der Waals surface area contributed by atoms with Gasteiger partial charge >= 0.3 is 6.18 Å². The number of anilines is 1. The normalized spacial score (nSPS) is 12.2. The van der Waals surface area contributed by atoms with Crippen LogP contribution in [0.2, 0.25) is 0 Å². The van der Waals surface area contributed by atoms with E-state index in [0.29, 0.717) is 17.5 Å². The minimum absolute atomic E-state index is 0. The second-order valence-electron chi connectivity index (χ2n) is 6.91. The van der Waals surface area contributed by atoms with Gasteiger partial charge in [-0.1, -0.05) is 19.6 Å². The molecular formula is C22H21F4N3O3. The second kappa shape index (κ2) is 9.21. The van der Waals surface area contributed by atoms with Gasteiger partial charge in [0.25, 0.3) is 5.56 Å². The fourth-order valence-electron chi connectivity index (χ4n) is 3.12. The number of carbonyl (C=O) groups excluding carboxylic acids is 2. The van der Waals surface area contributed by atoms with Crippen molar-refractivity contribution < 1.29 is 27.2 Å². The maximum atomic E-state index is 13.7. The molecule has 0 spiro atoms. The first-order valence-corrected chi connectivity index (χ1v) is 9.07. The van der Waals surface area contributed by atoms with Crippen LogP contribution in [0, 0.1) is 5.82 Å². The fraction of sp³-hybridized carbons (Fsp3) is 0.227. The van der Waals surface area contributed by atoms with Crippen molar-refractivity contribution in [2.45, 2.75) is 33.0 Å². The number of aromatic nitrogens is 1. The average molecular weight is 451 g/mol. The SMILES string of the molecule is C.C[C@@H](C(N)=O)n1ccc2c(NC(=O)Cc3ccc(C(F)(F)F)c(F)c3)cccc2c1=O. The van der Waals surface area contributed by atoms with Crippen molar-refractivity contribution in [3.8, 4) is 0 Å². The third kappa shape index (κ3) is 4.96. The number of nitrogens with one attached hydrogen (secondary N) is 1. The molecule has 10 heteroatoms. The average Bonchev–Trinajstić information content (AvgIpc) is 2.67. The van der Waals surface area contributed by atoms with Gasteiger partial charge in [0.05, 0.1) is 12.0 Å². The summed E-state index contributed by atoms with van der Waals surface area (Å²) in [7, 11) is 0. The van der Waals surface area contributed by atoms with Crippen LogP contribution >= 0.6 is 0 Å². The number of hydrogen-bond acceptors (Lipinski definition) is 3. The molecule has 1 aromatic heterocycles. The molecule has 1 heterocycles. The molecule has 6 nitrogen and oxygen atoms in total. The summed E-state index contributed by atoms with van der Waals surface area (Å²) in [6, 6.07) is 7.51. The van der Waals surface area contributed by atoms with Crippen LogP contribution < -0.4 is 16.6 Å². The number of nitrogens with zero attached hydrogens (tertiary/aromatic N) is 1. The van der Waals surface area contributed by atoms with Crippen LogP contribution in [0.1, 0.15) is 31.5 Å². The molecule has 0 radical (unpaired) electrons. The highest BCUT2D eigenvalue weighted by molar-refractivity contribution is 6.02. The van der Waals surface area contributed by atoms with E-state index in [-0.39, 0.29) is 30.5 Å². The summed E-state index contributed by atoms with van der Waals surface area (Å²) in [6.07, 6.45) is -3.82. The molecule has 0 fully saturated rings. The highest BCUT2D eigenvalue weighted by atomic mass is 19.4. The van der Waals surface area contributed by atoms with Gasteiger partial charge in [0.2, 0.25) is 11.8 Å². The van der Waals surface area contributed by atoms with Crippen LogP contribution in [-0.2, 0) is 22.2 Å². The molecule has 3 N–H and O–H groups in total. The standard InChI is InChI=1S/C21H17F4N3O3.CH4/c1-11(19(26)30)28-8-7-13-14(20(28)31)3-2-4-17(13)27-18(29)10-12-5-6-15(16(22)9-12)21(23,24)25;/h2-9,11H,10H2,1H3,(H2,26,30)(H,27,29);1H4/t11-;/m0./s1. The van der Waals surface area contributed by atoms with Crippen molar-refractivity contribution in [2.75, 3.05) is 5.32 Å². The molecule has 0 saturated carbocycles. The van der Waals surface area contributed by atoms with E-state index in [2.05, 4.69) is 5.32 Å². The van der Waals surface area contributed by atoms with E-state index in [1.165, 1.54) is 42.0 Å². The number of rotatable bonds is 5. The quantitative estimate of drug-likeness (QED) is 0.574. The van der Waals surface area contributed by atoms with Gasteiger partial charge in [-0.15, -0.1) is 0 Å². The van der Waals surface area contributed by atoms with Gasteiger partial charge in [0, 0.05) is 22.7 Å². The summed E-state index contributed by atoms with van der Waals surface area (Å²) in [6.45, 7) is 1.48. The molecular weight excluding hydrogens is 430 g/mol. The number of hydrogen-bond donors (Lipinski definition) is 2. The topological polar surface area (TPSA) is 94.2 Å². The second-order valence-corrected chi connectivity index (χ2v) is 6.91. The van der Waals surface area contributed by atoms with Crippen LogP contribution in [0.3, 0.4) is 0 Å². The summed E-state index contributed by atoms with van der Waals surface area (Å²) in [5.74, 6) is -2.76. The molecule has 0 aliphatic heterocycles. The van der Waals surface area contributed by atoms with Gasteiger partial charge in [-0.3, -0.25) is 14.4 Å². The van der Waals surface area contributed by atoms with Gasteiger partial charge in [-0.2, -0.15) is 13.2 Å². The van der Waals surface area contributed by atoms with Gasteiger partial charge in [0.15, 0.2) is 0 Å². The molecule has 0 bridgehead atoms. The van der Waals surface area contributed by atoms with E-state index < -0.39 is 41.0 Å². The lowest BCUT2D eigenvalue weighted by atomic mass is 10.1. The third-order valence-corrected chi connectivity index (χ3v) is 4.78. The first kappa shape index (κ1) is 24.6. The van der Waals surface area contributed by atoms with E-state index in [9.17, 15) is 31.9 Å². The molecule has 0 aliphatic rings. The summed E-state index contributed by atoms with van der Waals surface area (Å²) in [5.41, 5.74) is 3.70. The third-order valence-electron chi connectivity index (χ3n) is 4.78. The number of primary amides is 1. The van der Waals surface area contributed by atoms with E-state index in [4.69, 9.17) is 5.73 Å². The summed E-state index contributed by atoms with van der Waals surface area (Å²) >= 11 is 0. The van der Waals surface area contributed by atoms with Gasteiger partial charge < -0.3 is 15.6 Å². The summed E-state index contributed by atoms with van der Waals surface area (Å²) < 4.78 is 52.9. The molecule has 0 aliphatic carbocycles. The van der Waals surface area contributed by atoms with Crippen molar-refractivity contribution in [3.05, 3.63) is 76.0 Å². The summed E-state index contributed by atoms with van der Waals surface area (Å²) in [5, 5.41) is 3.20. The number of nitrogens with two attached hydrogens (primary N) is 1. The predicted molar refractivity (Wildman–Crippen MR) is 113 cm³/mol. The Bertz CT molecular complexity index is 1240. The zero-order valence-electron chi connectivity index (χ0n) is 16.2. The number of pyridine rings is 1. The van der Waals surface area contributed by atoms with Crippen molar-refractivity contribution in [1.29, 1.82) is 0 Å². The zero-order valence-corrected chi connectivity index (χ0v) is 16.2. The lowest BCUT2D eigenvalue weighted by Gasteiger charge is -2.14. The fourth-order valence-corrected chi connectivity index (χ4v) is 3.12. The number of amides is 2. The van der Waals surface area contributed by atoms with E-state index >= 15 is 0 Å². The minimum atomic E-state index is -4.83. The molecule has 0 saturated heterocycles. The highest BCUT2D eigenvalue weighted by Gasteiger charge is 2.34. The number of benzene rings is 2. The molecule has 32 heavy (non-hydrogen) atoms. The molecule has 1 atom stereocenters. The Morgan fingerprint density at radius 2 is 1.81 bits per heavy atom. The smallest absolute Gasteiger partial charge is 0.368 e. The highest BCUT2D eigenvalue weighted by Crippen LogP contribution is 2.31. The monoisotopic (exact) mass is 451 g/mol. The van der Waals surface area contributed by atoms with Crippen LogP contribution in [0.4, 0.5) is 23.2 Å². The zero-order chi connectivity index (χ0) is 22.9. The van der Waals surface area contributed by atoms with Crippen LogP contribution in [0.15, 0.2) is 53.5 Å². The molecule has 170 valence electrons. The van der Waals surface area contributed by atoms with Crippen LogP contribution in [-0.4, -0.2) is 16.4 Å². The Labute approximate surface area is 180 Å². The minimum Gasteiger partial charge on any atom is -0.368 e.